The van der Waals surface area contributed by atoms with Crippen LogP contribution in [0, 0.1) is 5.82 Å². The molecule has 3 aromatic carbocycles. The molecule has 0 spiro atoms. The number of hydrogen-bond acceptors (Lipinski definition) is 6. The standard InChI is InChI=1S/C28H25FN2O6/c1-30(2)19-11-6-17(7-12-19)25-24(26(34)21-15-18(29)8-13-22(21)37-3)27(35)28(36)31(25)20-9-4-16(5-10-20)14-23(32)33/h4-13,15,25,34H,14H2,1-3H3,(H,32,33)/b26-24+. The fraction of sp³-hybridized carbons (Fsp3) is 0.179. The van der Waals surface area contributed by atoms with E-state index in [1.807, 2.05) is 31.1 Å². The average molecular weight is 505 g/mol. The summed E-state index contributed by atoms with van der Waals surface area (Å²) in [5.41, 5.74) is 1.99. The quantitative estimate of drug-likeness (QED) is 0.283. The smallest absolute Gasteiger partial charge is 0.307 e. The lowest BCUT2D eigenvalue weighted by Gasteiger charge is -2.26. The molecule has 1 atom stereocenters. The highest BCUT2D eigenvalue weighted by Crippen LogP contribution is 2.43. The SMILES string of the molecule is COc1ccc(F)cc1/C(O)=C1\C(=O)C(=O)N(c2ccc(CC(=O)O)cc2)C1c1ccc(N(C)C)cc1. The molecule has 1 saturated heterocycles. The van der Waals surface area contributed by atoms with Crippen LogP contribution < -0.4 is 14.5 Å². The van der Waals surface area contributed by atoms with E-state index >= 15 is 0 Å². The van der Waals surface area contributed by atoms with Crippen molar-refractivity contribution in [2.24, 2.45) is 0 Å². The highest BCUT2D eigenvalue weighted by atomic mass is 19.1. The second-order valence-electron chi connectivity index (χ2n) is 8.74. The predicted molar refractivity (Wildman–Crippen MR) is 136 cm³/mol. The van der Waals surface area contributed by atoms with E-state index in [0.29, 0.717) is 16.8 Å². The number of anilines is 2. The molecule has 4 rings (SSSR count). The van der Waals surface area contributed by atoms with Crippen molar-refractivity contribution in [3.05, 3.63) is 94.8 Å². The van der Waals surface area contributed by atoms with Crippen LogP contribution >= 0.6 is 0 Å². The molecule has 0 aromatic heterocycles. The molecule has 0 aliphatic carbocycles. The maximum Gasteiger partial charge on any atom is 0.307 e. The van der Waals surface area contributed by atoms with Gasteiger partial charge in [-0.25, -0.2) is 4.39 Å². The third kappa shape index (κ3) is 4.88. The molecular weight excluding hydrogens is 479 g/mol. The zero-order valence-corrected chi connectivity index (χ0v) is 20.4. The zero-order chi connectivity index (χ0) is 26.9. The molecule has 2 N–H and O–H groups in total. The minimum atomic E-state index is -1.03. The van der Waals surface area contributed by atoms with Gasteiger partial charge in [0.25, 0.3) is 11.7 Å². The summed E-state index contributed by atoms with van der Waals surface area (Å²) >= 11 is 0. The summed E-state index contributed by atoms with van der Waals surface area (Å²) in [6.45, 7) is 0. The predicted octanol–water partition coefficient (Wildman–Crippen LogP) is 4.15. The van der Waals surface area contributed by atoms with Gasteiger partial charge in [-0.05, 0) is 53.6 Å². The van der Waals surface area contributed by atoms with Gasteiger partial charge in [0.1, 0.15) is 17.3 Å². The lowest BCUT2D eigenvalue weighted by Crippen LogP contribution is -2.29. The first kappa shape index (κ1) is 25.4. The Labute approximate surface area is 212 Å². The molecule has 0 radical (unpaired) electrons. The number of benzene rings is 3. The normalized spacial score (nSPS) is 16.6. The van der Waals surface area contributed by atoms with Gasteiger partial charge in [0, 0.05) is 25.5 Å². The van der Waals surface area contributed by atoms with Crippen LogP contribution in [0.3, 0.4) is 0 Å². The van der Waals surface area contributed by atoms with Crippen molar-refractivity contribution < 1.29 is 33.7 Å². The molecule has 1 amide bonds. The monoisotopic (exact) mass is 504 g/mol. The molecule has 1 fully saturated rings. The number of aliphatic hydroxyl groups is 1. The first-order valence-electron chi connectivity index (χ1n) is 11.3. The van der Waals surface area contributed by atoms with E-state index in [9.17, 15) is 23.9 Å². The molecular formula is C28H25FN2O6. The van der Waals surface area contributed by atoms with Gasteiger partial charge in [-0.3, -0.25) is 19.3 Å². The number of amides is 1. The number of aliphatic hydroxyl groups excluding tert-OH is 1. The minimum Gasteiger partial charge on any atom is -0.507 e. The molecule has 1 aliphatic heterocycles. The highest BCUT2D eigenvalue weighted by molar-refractivity contribution is 6.51. The number of carbonyl (C=O) groups excluding carboxylic acids is 2. The summed E-state index contributed by atoms with van der Waals surface area (Å²) in [5, 5.41) is 20.3. The van der Waals surface area contributed by atoms with Gasteiger partial charge >= 0.3 is 5.97 Å². The van der Waals surface area contributed by atoms with Crippen molar-refractivity contribution in [1.29, 1.82) is 0 Å². The number of carboxylic acid groups (broad SMARTS) is 1. The Morgan fingerprint density at radius 1 is 1.00 bits per heavy atom. The number of hydrogen-bond donors (Lipinski definition) is 2. The molecule has 0 bridgehead atoms. The molecule has 37 heavy (non-hydrogen) atoms. The Kier molecular flexibility index (Phi) is 6.97. The van der Waals surface area contributed by atoms with Crippen molar-refractivity contribution in [2.45, 2.75) is 12.5 Å². The second-order valence-corrected chi connectivity index (χ2v) is 8.74. The highest BCUT2D eigenvalue weighted by Gasteiger charge is 2.47. The van der Waals surface area contributed by atoms with Crippen molar-refractivity contribution in [3.63, 3.8) is 0 Å². The second kappa shape index (κ2) is 10.1. The Morgan fingerprint density at radius 2 is 1.65 bits per heavy atom. The summed E-state index contributed by atoms with van der Waals surface area (Å²) < 4.78 is 19.4. The van der Waals surface area contributed by atoms with Crippen molar-refractivity contribution in [3.8, 4) is 5.75 Å². The number of rotatable bonds is 7. The Bertz CT molecular complexity index is 1400. The number of aliphatic carboxylic acids is 1. The average Bonchev–Trinajstić information content (AvgIpc) is 3.14. The van der Waals surface area contributed by atoms with Crippen LogP contribution in [0.2, 0.25) is 0 Å². The number of ketones is 1. The summed E-state index contributed by atoms with van der Waals surface area (Å²) in [6.07, 6.45) is -0.201. The number of nitrogens with zero attached hydrogens (tertiary/aromatic N) is 2. The van der Waals surface area contributed by atoms with Gasteiger partial charge in [-0.1, -0.05) is 24.3 Å². The van der Waals surface area contributed by atoms with E-state index < -0.39 is 35.3 Å². The van der Waals surface area contributed by atoms with Gasteiger partial charge in [0.2, 0.25) is 0 Å². The van der Waals surface area contributed by atoms with Crippen LogP contribution in [0.15, 0.2) is 72.3 Å². The fourth-order valence-corrected chi connectivity index (χ4v) is 4.33. The number of carbonyl (C=O) groups is 3. The lowest BCUT2D eigenvalue weighted by atomic mass is 9.94. The number of halogens is 1. The van der Waals surface area contributed by atoms with E-state index in [2.05, 4.69) is 0 Å². The molecule has 8 nitrogen and oxygen atoms in total. The van der Waals surface area contributed by atoms with Crippen LogP contribution in [-0.4, -0.2) is 49.1 Å². The molecule has 1 aliphatic rings. The zero-order valence-electron chi connectivity index (χ0n) is 20.4. The molecule has 1 unspecified atom stereocenters. The van der Waals surface area contributed by atoms with Crippen LogP contribution in [0.4, 0.5) is 15.8 Å². The number of Topliss-reactive ketones (excluding diaryl/α,β-unsaturated/α-hetero) is 1. The molecule has 9 heteroatoms. The van der Waals surface area contributed by atoms with E-state index in [0.717, 1.165) is 17.8 Å². The van der Waals surface area contributed by atoms with Gasteiger partial charge in [-0.15, -0.1) is 0 Å². The van der Waals surface area contributed by atoms with Crippen molar-refractivity contribution >= 4 is 34.8 Å². The first-order chi connectivity index (χ1) is 17.6. The minimum absolute atomic E-state index is 0.0628. The maximum atomic E-state index is 14.1. The maximum absolute atomic E-state index is 14.1. The van der Waals surface area contributed by atoms with Crippen LogP contribution in [0.5, 0.6) is 5.75 Å². The van der Waals surface area contributed by atoms with Gasteiger partial charge in [0.05, 0.1) is 30.7 Å². The summed E-state index contributed by atoms with van der Waals surface area (Å²) in [6, 6.07) is 15.8. The van der Waals surface area contributed by atoms with E-state index in [1.54, 1.807) is 36.4 Å². The molecule has 3 aromatic rings. The molecule has 0 saturated carbocycles. The molecule has 1 heterocycles. The van der Waals surface area contributed by atoms with Crippen molar-refractivity contribution in [2.75, 3.05) is 31.0 Å². The third-order valence-corrected chi connectivity index (χ3v) is 6.16. The third-order valence-electron chi connectivity index (χ3n) is 6.16. The van der Waals surface area contributed by atoms with Crippen LogP contribution in [0.25, 0.3) is 5.76 Å². The Hall–Kier alpha value is -4.66. The van der Waals surface area contributed by atoms with Crippen LogP contribution in [0.1, 0.15) is 22.7 Å². The Morgan fingerprint density at radius 3 is 2.22 bits per heavy atom. The number of ether oxygens (including phenoxy) is 1. The number of carboxylic acids is 1. The fourth-order valence-electron chi connectivity index (χ4n) is 4.33. The van der Waals surface area contributed by atoms with Gasteiger partial charge in [0.15, 0.2) is 0 Å². The first-order valence-corrected chi connectivity index (χ1v) is 11.3. The summed E-state index contributed by atoms with van der Waals surface area (Å²) in [7, 11) is 5.09. The van der Waals surface area contributed by atoms with Gasteiger partial charge < -0.3 is 19.8 Å². The van der Waals surface area contributed by atoms with Crippen molar-refractivity contribution in [1.82, 2.24) is 0 Å². The number of methoxy groups -OCH3 is 1. The molecule has 190 valence electrons. The van der Waals surface area contributed by atoms with E-state index in [4.69, 9.17) is 9.84 Å². The van der Waals surface area contributed by atoms with E-state index in [-0.39, 0.29) is 23.3 Å². The van der Waals surface area contributed by atoms with E-state index in [1.165, 1.54) is 18.1 Å². The topological polar surface area (TPSA) is 107 Å². The summed E-state index contributed by atoms with van der Waals surface area (Å²) in [5.74, 6) is -3.92. The van der Waals surface area contributed by atoms with Crippen LogP contribution in [-0.2, 0) is 20.8 Å². The lowest BCUT2D eigenvalue weighted by molar-refractivity contribution is -0.136. The van der Waals surface area contributed by atoms with Gasteiger partial charge in [-0.2, -0.15) is 0 Å². The largest absolute Gasteiger partial charge is 0.507 e. The summed E-state index contributed by atoms with van der Waals surface area (Å²) in [4.78, 5) is 40.8. The Balaban J connectivity index is 1.92.